The minimum Gasteiger partial charge on any atom is -0.397 e. The number of primary sulfonamides is 1. The number of anilines is 1. The van der Waals surface area contributed by atoms with Crippen LogP contribution in [0.3, 0.4) is 0 Å². The van der Waals surface area contributed by atoms with Gasteiger partial charge in [0.2, 0.25) is 10.0 Å². The minimum atomic E-state index is -3.83. The molecule has 2 rings (SSSR count). The fourth-order valence-corrected chi connectivity index (χ4v) is 2.15. The van der Waals surface area contributed by atoms with Gasteiger partial charge < -0.3 is 5.73 Å². The lowest BCUT2D eigenvalue weighted by molar-refractivity contribution is 0.598. The summed E-state index contributed by atoms with van der Waals surface area (Å²) >= 11 is 0. The van der Waals surface area contributed by atoms with Crippen LogP contribution in [0.5, 0.6) is 0 Å². The summed E-state index contributed by atoms with van der Waals surface area (Å²) in [6, 6.07) is 6.23. The smallest absolute Gasteiger partial charge is 0.240 e. The second-order valence-electron chi connectivity index (χ2n) is 3.36. The molecule has 0 bridgehead atoms. The van der Waals surface area contributed by atoms with Crippen LogP contribution in [0.15, 0.2) is 41.7 Å². The van der Waals surface area contributed by atoms with E-state index in [1.807, 2.05) is 0 Å². The highest BCUT2D eigenvalue weighted by Gasteiger charge is 2.15. The van der Waals surface area contributed by atoms with Gasteiger partial charge in [-0.3, -0.25) is 0 Å². The Morgan fingerprint density at radius 1 is 1.18 bits per heavy atom. The molecule has 6 nitrogen and oxygen atoms in total. The lowest BCUT2D eigenvalue weighted by atomic mass is 10.1. The summed E-state index contributed by atoms with van der Waals surface area (Å²) in [5, 5.41) is 5.06. The van der Waals surface area contributed by atoms with E-state index in [-0.39, 0.29) is 10.6 Å². The van der Waals surface area contributed by atoms with Gasteiger partial charge in [-0.15, -0.1) is 0 Å². The molecule has 17 heavy (non-hydrogen) atoms. The quantitative estimate of drug-likeness (QED) is 0.748. The lowest BCUT2D eigenvalue weighted by Gasteiger charge is -2.08. The van der Waals surface area contributed by atoms with Gasteiger partial charge in [0.1, 0.15) is 11.2 Å². The number of hydrogen-bond donors (Lipinski definition) is 2. The Hall–Kier alpha value is -1.99. The molecule has 0 spiro atoms. The largest absolute Gasteiger partial charge is 0.397 e. The SMILES string of the molecule is Nc1c(-c2ccncn2)cccc1S(N)(=O)=O. The van der Waals surface area contributed by atoms with E-state index < -0.39 is 10.0 Å². The molecule has 7 heteroatoms. The van der Waals surface area contributed by atoms with Crippen LogP contribution >= 0.6 is 0 Å². The van der Waals surface area contributed by atoms with Gasteiger partial charge in [-0.25, -0.2) is 23.5 Å². The van der Waals surface area contributed by atoms with Crippen molar-refractivity contribution in [3.63, 3.8) is 0 Å². The maximum atomic E-state index is 11.3. The van der Waals surface area contributed by atoms with E-state index >= 15 is 0 Å². The molecule has 1 aromatic carbocycles. The molecule has 0 aliphatic heterocycles. The first-order valence-corrected chi connectivity index (χ1v) is 6.22. The minimum absolute atomic E-state index is 0.0914. The van der Waals surface area contributed by atoms with Crippen LogP contribution in [0, 0.1) is 0 Å². The molecular weight excluding hydrogens is 240 g/mol. The Morgan fingerprint density at radius 3 is 2.53 bits per heavy atom. The van der Waals surface area contributed by atoms with E-state index in [0.29, 0.717) is 11.3 Å². The summed E-state index contributed by atoms with van der Waals surface area (Å²) in [5.74, 6) is 0. The zero-order chi connectivity index (χ0) is 12.5. The van der Waals surface area contributed by atoms with Crippen LogP contribution in [0.2, 0.25) is 0 Å². The summed E-state index contributed by atoms with van der Waals surface area (Å²) in [4.78, 5) is 7.68. The molecule has 0 atom stereocenters. The summed E-state index contributed by atoms with van der Waals surface area (Å²) in [6.45, 7) is 0. The van der Waals surface area contributed by atoms with E-state index in [1.165, 1.54) is 12.4 Å². The summed E-state index contributed by atoms with van der Waals surface area (Å²) in [7, 11) is -3.83. The van der Waals surface area contributed by atoms with E-state index in [4.69, 9.17) is 10.9 Å². The first-order chi connectivity index (χ1) is 8.00. The van der Waals surface area contributed by atoms with Crippen molar-refractivity contribution in [2.75, 3.05) is 5.73 Å². The van der Waals surface area contributed by atoms with Gasteiger partial charge in [-0.1, -0.05) is 12.1 Å². The zero-order valence-electron chi connectivity index (χ0n) is 8.74. The van der Waals surface area contributed by atoms with Crippen LogP contribution in [-0.4, -0.2) is 18.4 Å². The Morgan fingerprint density at radius 2 is 1.94 bits per heavy atom. The van der Waals surface area contributed by atoms with Crippen molar-refractivity contribution in [2.24, 2.45) is 5.14 Å². The molecule has 88 valence electrons. The predicted molar refractivity (Wildman–Crippen MR) is 63.3 cm³/mol. The molecule has 4 N–H and O–H groups in total. The average Bonchev–Trinajstić information content (AvgIpc) is 2.29. The second-order valence-corrected chi connectivity index (χ2v) is 4.89. The third-order valence-electron chi connectivity index (χ3n) is 2.23. The molecule has 0 radical (unpaired) electrons. The van der Waals surface area contributed by atoms with E-state index in [9.17, 15) is 8.42 Å². The molecule has 0 saturated carbocycles. The van der Waals surface area contributed by atoms with E-state index in [0.717, 1.165) is 0 Å². The molecule has 0 saturated heterocycles. The highest BCUT2D eigenvalue weighted by molar-refractivity contribution is 7.89. The van der Waals surface area contributed by atoms with Crippen LogP contribution in [0.25, 0.3) is 11.3 Å². The van der Waals surface area contributed by atoms with Crippen molar-refractivity contribution in [2.45, 2.75) is 4.90 Å². The number of benzene rings is 1. The standard InChI is InChI=1S/C10H10N4O2S/c11-10-7(8-4-5-13-6-14-8)2-1-3-9(10)17(12,15)16/h1-6H,11H2,(H2,12,15,16). The number of nitrogen functional groups attached to an aromatic ring is 1. The van der Waals surface area contributed by atoms with Crippen LogP contribution < -0.4 is 10.9 Å². The van der Waals surface area contributed by atoms with E-state index in [1.54, 1.807) is 24.4 Å². The third-order valence-corrected chi connectivity index (χ3v) is 3.20. The molecule has 0 unspecified atom stereocenters. The second kappa shape index (κ2) is 4.11. The summed E-state index contributed by atoms with van der Waals surface area (Å²) in [5.41, 5.74) is 6.93. The molecule has 1 heterocycles. The zero-order valence-corrected chi connectivity index (χ0v) is 9.55. The van der Waals surface area contributed by atoms with Crippen molar-refractivity contribution in [3.8, 4) is 11.3 Å². The number of aromatic nitrogens is 2. The van der Waals surface area contributed by atoms with Crippen molar-refractivity contribution in [3.05, 3.63) is 36.8 Å². The highest BCUT2D eigenvalue weighted by atomic mass is 32.2. The Kier molecular flexibility index (Phi) is 2.78. The number of rotatable bonds is 2. The molecule has 0 aliphatic rings. The van der Waals surface area contributed by atoms with Gasteiger partial charge >= 0.3 is 0 Å². The third kappa shape index (κ3) is 2.24. The molecule has 1 aromatic heterocycles. The van der Waals surface area contributed by atoms with Crippen LogP contribution in [0.1, 0.15) is 0 Å². The number of nitrogens with zero attached hydrogens (tertiary/aromatic N) is 2. The molecule has 2 aromatic rings. The van der Waals surface area contributed by atoms with Gasteiger partial charge in [-0.2, -0.15) is 0 Å². The van der Waals surface area contributed by atoms with Gasteiger partial charge in [0, 0.05) is 11.8 Å². The van der Waals surface area contributed by atoms with Crippen molar-refractivity contribution in [1.29, 1.82) is 0 Å². The maximum Gasteiger partial charge on any atom is 0.240 e. The van der Waals surface area contributed by atoms with Gasteiger partial charge in [0.25, 0.3) is 0 Å². The van der Waals surface area contributed by atoms with Gasteiger partial charge in [0.15, 0.2) is 0 Å². The molecule has 0 aliphatic carbocycles. The maximum absolute atomic E-state index is 11.3. The normalized spacial score (nSPS) is 11.4. The van der Waals surface area contributed by atoms with Crippen LogP contribution in [0.4, 0.5) is 5.69 Å². The first-order valence-electron chi connectivity index (χ1n) is 4.68. The molecule has 0 fully saturated rings. The Labute approximate surface area is 98.4 Å². The van der Waals surface area contributed by atoms with Gasteiger partial charge in [-0.05, 0) is 12.1 Å². The summed E-state index contributed by atoms with van der Waals surface area (Å²) in [6.07, 6.45) is 2.91. The predicted octanol–water partition coefficient (Wildman–Crippen LogP) is 0.373. The van der Waals surface area contributed by atoms with Crippen molar-refractivity contribution >= 4 is 15.7 Å². The fraction of sp³-hybridized carbons (Fsp3) is 0. The Bertz CT molecular complexity index is 641. The lowest BCUT2D eigenvalue weighted by Crippen LogP contribution is -2.14. The molecular formula is C10H10N4O2S. The fourth-order valence-electron chi connectivity index (χ4n) is 1.47. The van der Waals surface area contributed by atoms with Crippen molar-refractivity contribution < 1.29 is 8.42 Å². The van der Waals surface area contributed by atoms with E-state index in [2.05, 4.69) is 9.97 Å². The Balaban J connectivity index is 2.67. The number of nitrogens with two attached hydrogens (primary N) is 2. The highest BCUT2D eigenvalue weighted by Crippen LogP contribution is 2.28. The first kappa shape index (κ1) is 11.5. The van der Waals surface area contributed by atoms with Crippen LogP contribution in [-0.2, 0) is 10.0 Å². The number of sulfonamides is 1. The van der Waals surface area contributed by atoms with Crippen molar-refractivity contribution in [1.82, 2.24) is 9.97 Å². The summed E-state index contributed by atoms with van der Waals surface area (Å²) < 4.78 is 22.6. The number of para-hydroxylation sites is 1. The van der Waals surface area contributed by atoms with Gasteiger partial charge in [0.05, 0.1) is 11.4 Å². The monoisotopic (exact) mass is 250 g/mol. The molecule has 0 amide bonds. The number of hydrogen-bond acceptors (Lipinski definition) is 5. The average molecular weight is 250 g/mol. The topological polar surface area (TPSA) is 112 Å².